The van der Waals surface area contributed by atoms with Crippen molar-refractivity contribution in [1.29, 1.82) is 0 Å². The van der Waals surface area contributed by atoms with Crippen LogP contribution in [0.4, 0.5) is 0 Å². The van der Waals surface area contributed by atoms with Crippen molar-refractivity contribution in [3.63, 3.8) is 0 Å². The van der Waals surface area contributed by atoms with Gasteiger partial charge in [0.2, 0.25) is 5.91 Å². The topological polar surface area (TPSA) is 84.5 Å². The largest absolute Gasteiger partial charge is 0.451 e. The normalized spacial score (nSPS) is 10.4. The molecule has 31 heavy (non-hydrogen) atoms. The molecule has 2 amide bonds. The van der Waals surface area contributed by atoms with Crippen molar-refractivity contribution in [3.8, 4) is 0 Å². The van der Waals surface area contributed by atoms with Gasteiger partial charge in [0.15, 0.2) is 6.10 Å². The van der Waals surface area contributed by atoms with Gasteiger partial charge in [-0.1, -0.05) is 78.4 Å². The second kappa shape index (κ2) is 10.7. The summed E-state index contributed by atoms with van der Waals surface area (Å²) in [4.78, 5) is 36.5. The van der Waals surface area contributed by atoms with Gasteiger partial charge in [-0.25, -0.2) is 0 Å². The molecule has 6 nitrogen and oxygen atoms in total. The molecule has 0 atom stereocenters. The van der Waals surface area contributed by atoms with Crippen LogP contribution in [0.2, 0.25) is 0 Å². The van der Waals surface area contributed by atoms with E-state index < -0.39 is 18.0 Å². The van der Waals surface area contributed by atoms with Gasteiger partial charge in [0.25, 0.3) is 5.91 Å². The molecule has 0 saturated heterocycles. The molecule has 0 aromatic heterocycles. The van der Waals surface area contributed by atoms with E-state index in [9.17, 15) is 14.4 Å². The number of amides is 2. The van der Waals surface area contributed by atoms with Crippen molar-refractivity contribution in [2.24, 2.45) is 0 Å². The molecule has 3 aromatic rings. The first kappa shape index (κ1) is 21.8. The quantitative estimate of drug-likeness (QED) is 0.553. The third-order valence-electron chi connectivity index (χ3n) is 4.61. The molecule has 0 radical (unpaired) electrons. The minimum Gasteiger partial charge on any atom is -0.451 e. The highest BCUT2D eigenvalue weighted by Crippen LogP contribution is 2.25. The minimum atomic E-state index is -0.576. The summed E-state index contributed by atoms with van der Waals surface area (Å²) in [6.07, 6.45) is -0.576. The van der Waals surface area contributed by atoms with Crippen LogP contribution in [0.1, 0.15) is 33.2 Å². The van der Waals surface area contributed by atoms with Crippen molar-refractivity contribution in [3.05, 3.63) is 107 Å². The van der Waals surface area contributed by atoms with Gasteiger partial charge in [0.1, 0.15) is 6.54 Å². The Labute approximate surface area is 181 Å². The lowest BCUT2D eigenvalue weighted by molar-refractivity contribution is -0.147. The van der Waals surface area contributed by atoms with Gasteiger partial charge in [-0.05, 0) is 30.2 Å². The highest BCUT2D eigenvalue weighted by atomic mass is 16.5. The maximum Gasteiger partial charge on any atom is 0.326 e. The van der Waals surface area contributed by atoms with Crippen LogP contribution in [-0.2, 0) is 14.3 Å². The van der Waals surface area contributed by atoms with Crippen LogP contribution in [0, 0.1) is 6.92 Å². The zero-order valence-corrected chi connectivity index (χ0v) is 17.2. The van der Waals surface area contributed by atoms with Crippen LogP contribution >= 0.6 is 0 Å². The number of nitrogens with one attached hydrogen (secondary N) is 2. The summed E-state index contributed by atoms with van der Waals surface area (Å²) < 4.78 is 5.64. The maximum atomic E-state index is 12.4. The van der Waals surface area contributed by atoms with Gasteiger partial charge >= 0.3 is 5.97 Å². The van der Waals surface area contributed by atoms with Crippen LogP contribution in [-0.4, -0.2) is 30.9 Å². The lowest BCUT2D eigenvalue weighted by Gasteiger charge is -2.19. The standard InChI is InChI=1S/C25H24N2O4/c1-18-12-14-21(15-13-18)25(30)27-16-22(28)26-17-23(29)31-24(19-8-4-2-5-9-19)20-10-6-3-7-11-20/h2-15,24H,16-17H2,1H3,(H,26,28)(H,27,30). The number of carbonyl (C=O) groups is 3. The Morgan fingerprint density at radius 2 is 1.29 bits per heavy atom. The van der Waals surface area contributed by atoms with Gasteiger partial charge in [-0.15, -0.1) is 0 Å². The highest BCUT2D eigenvalue weighted by molar-refractivity contribution is 5.96. The number of hydrogen-bond donors (Lipinski definition) is 2. The first-order valence-electron chi connectivity index (χ1n) is 9.94. The Kier molecular flexibility index (Phi) is 7.54. The summed E-state index contributed by atoms with van der Waals surface area (Å²) in [6.45, 7) is 1.39. The number of rotatable bonds is 8. The van der Waals surface area contributed by atoms with E-state index in [2.05, 4.69) is 10.6 Å². The minimum absolute atomic E-state index is 0.235. The molecule has 0 unspecified atom stereocenters. The maximum absolute atomic E-state index is 12.4. The van der Waals surface area contributed by atoms with Crippen molar-refractivity contribution < 1.29 is 19.1 Å². The monoisotopic (exact) mass is 416 g/mol. The lowest BCUT2D eigenvalue weighted by atomic mass is 10.0. The Hall–Kier alpha value is -3.93. The number of ether oxygens (including phenoxy) is 1. The molecule has 0 spiro atoms. The fourth-order valence-corrected chi connectivity index (χ4v) is 2.96. The molecule has 0 bridgehead atoms. The van der Waals surface area contributed by atoms with Crippen LogP contribution in [0.15, 0.2) is 84.9 Å². The van der Waals surface area contributed by atoms with Crippen molar-refractivity contribution in [2.45, 2.75) is 13.0 Å². The highest BCUT2D eigenvalue weighted by Gasteiger charge is 2.19. The summed E-state index contributed by atoms with van der Waals surface area (Å²) >= 11 is 0. The number of aryl methyl sites for hydroxylation is 1. The molecule has 2 N–H and O–H groups in total. The van der Waals surface area contributed by atoms with Gasteiger partial charge in [-0.2, -0.15) is 0 Å². The molecule has 3 aromatic carbocycles. The van der Waals surface area contributed by atoms with Crippen LogP contribution in [0.5, 0.6) is 0 Å². The zero-order valence-electron chi connectivity index (χ0n) is 17.2. The fourth-order valence-electron chi connectivity index (χ4n) is 2.96. The number of carbonyl (C=O) groups excluding carboxylic acids is 3. The van der Waals surface area contributed by atoms with E-state index in [1.165, 1.54) is 0 Å². The molecule has 0 aliphatic heterocycles. The van der Waals surface area contributed by atoms with E-state index in [0.29, 0.717) is 5.56 Å². The summed E-state index contributed by atoms with van der Waals surface area (Å²) in [5.74, 6) is -1.41. The molecule has 158 valence electrons. The number of benzene rings is 3. The van der Waals surface area contributed by atoms with E-state index in [-0.39, 0.29) is 19.0 Å². The summed E-state index contributed by atoms with van der Waals surface area (Å²) in [6, 6.07) is 25.8. The van der Waals surface area contributed by atoms with E-state index in [1.807, 2.05) is 79.7 Å². The third-order valence-corrected chi connectivity index (χ3v) is 4.61. The molecule has 6 heteroatoms. The van der Waals surface area contributed by atoms with Crippen molar-refractivity contribution >= 4 is 17.8 Å². The van der Waals surface area contributed by atoms with Gasteiger partial charge in [0.05, 0.1) is 6.54 Å². The second-order valence-corrected chi connectivity index (χ2v) is 7.02. The molecule has 3 rings (SSSR count). The lowest BCUT2D eigenvalue weighted by Crippen LogP contribution is -2.39. The average molecular weight is 416 g/mol. The first-order valence-corrected chi connectivity index (χ1v) is 9.94. The van der Waals surface area contributed by atoms with Gasteiger partial charge in [0, 0.05) is 5.56 Å². The third kappa shape index (κ3) is 6.54. The average Bonchev–Trinajstić information content (AvgIpc) is 2.81. The molecular weight excluding hydrogens is 392 g/mol. The van der Waals surface area contributed by atoms with Crippen molar-refractivity contribution in [1.82, 2.24) is 10.6 Å². The molecule has 0 fully saturated rings. The molecular formula is C25H24N2O4. The number of hydrogen-bond acceptors (Lipinski definition) is 4. The van der Waals surface area contributed by atoms with Crippen molar-refractivity contribution in [2.75, 3.05) is 13.1 Å². The van der Waals surface area contributed by atoms with Gasteiger partial charge in [-0.3, -0.25) is 14.4 Å². The predicted molar refractivity (Wildman–Crippen MR) is 117 cm³/mol. The molecule has 0 aliphatic carbocycles. The summed E-state index contributed by atoms with van der Waals surface area (Å²) in [5.41, 5.74) is 3.17. The Balaban J connectivity index is 1.51. The van der Waals surface area contributed by atoms with E-state index in [1.54, 1.807) is 12.1 Å². The van der Waals surface area contributed by atoms with Crippen LogP contribution in [0.3, 0.4) is 0 Å². The van der Waals surface area contributed by atoms with E-state index >= 15 is 0 Å². The summed E-state index contributed by atoms with van der Waals surface area (Å²) in [5, 5.41) is 5.01. The fraction of sp³-hybridized carbons (Fsp3) is 0.160. The smallest absolute Gasteiger partial charge is 0.326 e. The zero-order chi connectivity index (χ0) is 22.1. The molecule has 0 heterocycles. The van der Waals surface area contributed by atoms with E-state index in [0.717, 1.165) is 16.7 Å². The summed E-state index contributed by atoms with van der Waals surface area (Å²) in [7, 11) is 0. The Morgan fingerprint density at radius 3 is 1.84 bits per heavy atom. The second-order valence-electron chi connectivity index (χ2n) is 7.02. The predicted octanol–water partition coefficient (Wildman–Crippen LogP) is 3.17. The Morgan fingerprint density at radius 1 is 0.742 bits per heavy atom. The van der Waals surface area contributed by atoms with Crippen LogP contribution in [0.25, 0.3) is 0 Å². The Bertz CT molecular complexity index is 979. The molecule has 0 aliphatic rings. The molecule has 0 saturated carbocycles. The SMILES string of the molecule is Cc1ccc(C(=O)NCC(=O)NCC(=O)OC(c2ccccc2)c2ccccc2)cc1. The number of esters is 1. The van der Waals surface area contributed by atoms with Gasteiger partial charge < -0.3 is 15.4 Å². The van der Waals surface area contributed by atoms with E-state index in [4.69, 9.17) is 4.74 Å². The van der Waals surface area contributed by atoms with Crippen LogP contribution < -0.4 is 10.6 Å². The first-order chi connectivity index (χ1) is 15.0.